The first kappa shape index (κ1) is 12.2. The topological polar surface area (TPSA) is 37.4 Å². The number of piperazine rings is 1. The molecule has 0 aromatic carbocycles. The number of nitrogens with one attached hydrogen (secondary N) is 1. The predicted molar refractivity (Wildman–Crippen MR) is 69.8 cm³/mol. The van der Waals surface area contributed by atoms with Gasteiger partial charge in [-0.15, -0.1) is 0 Å². The fraction of sp³-hybridized carbons (Fsp3) is 0.615. The van der Waals surface area contributed by atoms with Crippen molar-refractivity contribution in [3.05, 3.63) is 18.0 Å². The average molecular weight is 235 g/mol. The smallest absolute Gasteiger partial charge is 0.160 e. The lowest BCUT2D eigenvalue weighted by Crippen LogP contribution is -2.54. The molecule has 0 radical (unpaired) electrons. The number of hydrogen-bond donors (Lipinski definition) is 1. The Morgan fingerprint density at radius 1 is 1.35 bits per heavy atom. The molecule has 2 rings (SSSR count). The summed E-state index contributed by atoms with van der Waals surface area (Å²) in [4.78, 5) is 6.65. The molecule has 1 aliphatic heterocycles. The minimum atomic E-state index is 0.497. The molecular formula is C13H21N3O. The van der Waals surface area contributed by atoms with Crippen molar-refractivity contribution in [3.8, 4) is 5.75 Å². The minimum Gasteiger partial charge on any atom is -0.493 e. The molecular weight excluding hydrogens is 214 g/mol. The molecule has 2 atom stereocenters. The van der Waals surface area contributed by atoms with Crippen molar-refractivity contribution in [1.82, 2.24) is 10.3 Å². The SMILES string of the molecule is COc1cnc(C)cc1N1CC(C)NC(C)C1. The molecule has 0 bridgehead atoms. The van der Waals surface area contributed by atoms with Crippen LogP contribution in [0.2, 0.25) is 0 Å². The number of aryl methyl sites for hydroxylation is 1. The summed E-state index contributed by atoms with van der Waals surface area (Å²) in [6, 6.07) is 3.10. The van der Waals surface area contributed by atoms with E-state index in [4.69, 9.17) is 4.74 Å². The van der Waals surface area contributed by atoms with Crippen LogP contribution in [0.4, 0.5) is 5.69 Å². The van der Waals surface area contributed by atoms with E-state index in [2.05, 4.69) is 35.1 Å². The van der Waals surface area contributed by atoms with Crippen LogP contribution in [-0.4, -0.2) is 37.3 Å². The normalized spacial score (nSPS) is 24.8. The first-order valence-electron chi connectivity index (χ1n) is 6.11. The van der Waals surface area contributed by atoms with Crippen molar-refractivity contribution in [2.45, 2.75) is 32.9 Å². The van der Waals surface area contributed by atoms with Gasteiger partial charge in [0.25, 0.3) is 0 Å². The summed E-state index contributed by atoms with van der Waals surface area (Å²) >= 11 is 0. The van der Waals surface area contributed by atoms with Crippen molar-refractivity contribution >= 4 is 5.69 Å². The van der Waals surface area contributed by atoms with E-state index in [0.29, 0.717) is 12.1 Å². The molecule has 1 saturated heterocycles. The van der Waals surface area contributed by atoms with Gasteiger partial charge in [-0.2, -0.15) is 0 Å². The summed E-state index contributed by atoms with van der Waals surface area (Å²) in [5.74, 6) is 0.858. The molecule has 17 heavy (non-hydrogen) atoms. The third-order valence-corrected chi connectivity index (χ3v) is 3.10. The summed E-state index contributed by atoms with van der Waals surface area (Å²) in [7, 11) is 1.70. The van der Waals surface area contributed by atoms with Crippen LogP contribution in [0.25, 0.3) is 0 Å². The molecule has 0 spiro atoms. The lowest BCUT2D eigenvalue weighted by Gasteiger charge is -2.38. The Kier molecular flexibility index (Phi) is 3.52. The lowest BCUT2D eigenvalue weighted by molar-refractivity contribution is 0.390. The van der Waals surface area contributed by atoms with Crippen LogP contribution in [-0.2, 0) is 0 Å². The van der Waals surface area contributed by atoms with Gasteiger partial charge in [0.05, 0.1) is 19.0 Å². The van der Waals surface area contributed by atoms with E-state index in [1.807, 2.05) is 13.1 Å². The zero-order valence-corrected chi connectivity index (χ0v) is 11.0. The molecule has 94 valence electrons. The zero-order valence-electron chi connectivity index (χ0n) is 11.0. The molecule has 1 aromatic heterocycles. The van der Waals surface area contributed by atoms with Gasteiger partial charge in [0.15, 0.2) is 5.75 Å². The van der Waals surface area contributed by atoms with Crippen LogP contribution in [0, 0.1) is 6.92 Å². The van der Waals surface area contributed by atoms with Crippen molar-refractivity contribution in [1.29, 1.82) is 0 Å². The number of ether oxygens (including phenoxy) is 1. The Morgan fingerprint density at radius 3 is 2.59 bits per heavy atom. The fourth-order valence-corrected chi connectivity index (χ4v) is 2.46. The highest BCUT2D eigenvalue weighted by Crippen LogP contribution is 2.29. The third kappa shape index (κ3) is 2.69. The molecule has 2 unspecified atom stereocenters. The Balaban J connectivity index is 2.28. The maximum Gasteiger partial charge on any atom is 0.160 e. The van der Waals surface area contributed by atoms with Gasteiger partial charge in [-0.1, -0.05) is 0 Å². The Morgan fingerprint density at radius 2 is 2.00 bits per heavy atom. The van der Waals surface area contributed by atoms with Gasteiger partial charge in [0, 0.05) is 30.9 Å². The Labute approximate surface area is 103 Å². The van der Waals surface area contributed by atoms with Crippen LogP contribution >= 0.6 is 0 Å². The minimum absolute atomic E-state index is 0.497. The van der Waals surface area contributed by atoms with E-state index >= 15 is 0 Å². The third-order valence-electron chi connectivity index (χ3n) is 3.10. The number of nitrogens with zero attached hydrogens (tertiary/aromatic N) is 2. The van der Waals surface area contributed by atoms with E-state index < -0.39 is 0 Å². The monoisotopic (exact) mass is 235 g/mol. The molecule has 0 amide bonds. The Bertz CT molecular complexity index is 384. The second-order valence-electron chi connectivity index (χ2n) is 4.87. The van der Waals surface area contributed by atoms with Crippen LogP contribution < -0.4 is 15.0 Å². The van der Waals surface area contributed by atoms with Crippen LogP contribution in [0.15, 0.2) is 12.3 Å². The number of rotatable bonds is 2. The maximum atomic E-state index is 5.40. The standard InChI is InChI=1S/C13H21N3O/c1-9-5-12(13(17-4)6-14-9)16-7-10(2)15-11(3)8-16/h5-6,10-11,15H,7-8H2,1-4H3. The van der Waals surface area contributed by atoms with E-state index in [0.717, 1.165) is 30.2 Å². The summed E-state index contributed by atoms with van der Waals surface area (Å²) < 4.78 is 5.40. The van der Waals surface area contributed by atoms with Crippen molar-refractivity contribution in [3.63, 3.8) is 0 Å². The van der Waals surface area contributed by atoms with E-state index in [-0.39, 0.29) is 0 Å². The number of hydrogen-bond acceptors (Lipinski definition) is 4. The molecule has 0 aliphatic carbocycles. The first-order chi connectivity index (χ1) is 8.10. The number of aromatic nitrogens is 1. The van der Waals surface area contributed by atoms with Crippen molar-refractivity contribution in [2.24, 2.45) is 0 Å². The second kappa shape index (κ2) is 4.92. The number of methoxy groups -OCH3 is 1. The molecule has 4 heteroatoms. The van der Waals surface area contributed by atoms with Gasteiger partial charge >= 0.3 is 0 Å². The highest BCUT2D eigenvalue weighted by molar-refractivity contribution is 5.58. The van der Waals surface area contributed by atoms with Gasteiger partial charge in [-0.05, 0) is 26.8 Å². The average Bonchev–Trinajstić information content (AvgIpc) is 2.27. The van der Waals surface area contributed by atoms with E-state index in [9.17, 15) is 0 Å². The first-order valence-corrected chi connectivity index (χ1v) is 6.11. The second-order valence-corrected chi connectivity index (χ2v) is 4.87. The van der Waals surface area contributed by atoms with Crippen LogP contribution in [0.1, 0.15) is 19.5 Å². The maximum absolute atomic E-state index is 5.40. The fourth-order valence-electron chi connectivity index (χ4n) is 2.46. The van der Waals surface area contributed by atoms with Crippen molar-refractivity contribution < 1.29 is 4.74 Å². The van der Waals surface area contributed by atoms with Crippen molar-refractivity contribution in [2.75, 3.05) is 25.1 Å². The number of anilines is 1. The lowest BCUT2D eigenvalue weighted by atomic mass is 10.1. The highest BCUT2D eigenvalue weighted by Gasteiger charge is 2.23. The van der Waals surface area contributed by atoms with Gasteiger partial charge < -0.3 is 15.0 Å². The summed E-state index contributed by atoms with van der Waals surface area (Å²) in [6.45, 7) is 8.44. The van der Waals surface area contributed by atoms with Gasteiger partial charge in [0.1, 0.15) is 0 Å². The molecule has 1 aliphatic rings. The van der Waals surface area contributed by atoms with Gasteiger partial charge in [0.2, 0.25) is 0 Å². The van der Waals surface area contributed by atoms with Crippen LogP contribution in [0.5, 0.6) is 5.75 Å². The zero-order chi connectivity index (χ0) is 12.4. The van der Waals surface area contributed by atoms with E-state index in [1.54, 1.807) is 7.11 Å². The molecule has 1 N–H and O–H groups in total. The molecule has 1 fully saturated rings. The predicted octanol–water partition coefficient (Wildman–Crippen LogP) is 1.59. The van der Waals surface area contributed by atoms with E-state index in [1.165, 1.54) is 0 Å². The molecule has 2 heterocycles. The van der Waals surface area contributed by atoms with Gasteiger partial charge in [-0.3, -0.25) is 4.98 Å². The summed E-state index contributed by atoms with van der Waals surface area (Å²) in [5, 5.41) is 3.53. The number of pyridine rings is 1. The summed E-state index contributed by atoms with van der Waals surface area (Å²) in [6.07, 6.45) is 1.81. The largest absolute Gasteiger partial charge is 0.493 e. The quantitative estimate of drug-likeness (QED) is 0.844. The molecule has 0 saturated carbocycles. The summed E-state index contributed by atoms with van der Waals surface area (Å²) in [5.41, 5.74) is 2.18. The Hall–Kier alpha value is -1.29. The highest BCUT2D eigenvalue weighted by atomic mass is 16.5. The van der Waals surface area contributed by atoms with Gasteiger partial charge in [-0.25, -0.2) is 0 Å². The molecule has 4 nitrogen and oxygen atoms in total. The molecule has 1 aromatic rings. The van der Waals surface area contributed by atoms with Crippen LogP contribution in [0.3, 0.4) is 0 Å².